The van der Waals surface area contributed by atoms with Crippen LogP contribution in [0.2, 0.25) is 0 Å². The van der Waals surface area contributed by atoms with Gasteiger partial charge >= 0.3 is 0 Å². The summed E-state index contributed by atoms with van der Waals surface area (Å²) < 4.78 is 0. The Labute approximate surface area is 127 Å². The van der Waals surface area contributed by atoms with Gasteiger partial charge in [0.25, 0.3) is 0 Å². The van der Waals surface area contributed by atoms with Crippen LogP contribution in [0.4, 0.5) is 0 Å². The van der Waals surface area contributed by atoms with Gasteiger partial charge in [-0.1, -0.05) is 36.4 Å². The van der Waals surface area contributed by atoms with E-state index >= 15 is 0 Å². The first-order valence-corrected chi connectivity index (χ1v) is 7.78. The van der Waals surface area contributed by atoms with Crippen LogP contribution in [0.15, 0.2) is 54.7 Å². The molecule has 0 saturated carbocycles. The number of nitrogens with one attached hydrogen (secondary N) is 1. The standard InChI is InChI=1S/C18H23N3/c1-15(17-10-5-6-11-19-17)21-13-7-12-20-18(14-21)16-8-3-2-4-9-16/h2-6,8-11,15,18,20H,7,12-14H2,1H3. The number of rotatable bonds is 3. The fraction of sp³-hybridized carbons (Fsp3) is 0.389. The maximum absolute atomic E-state index is 4.52. The zero-order valence-electron chi connectivity index (χ0n) is 12.6. The first-order chi connectivity index (χ1) is 10.3. The van der Waals surface area contributed by atoms with Crippen molar-refractivity contribution in [2.45, 2.75) is 25.4 Å². The fourth-order valence-electron chi connectivity index (χ4n) is 3.02. The van der Waals surface area contributed by atoms with Crippen molar-refractivity contribution in [3.63, 3.8) is 0 Å². The van der Waals surface area contributed by atoms with Gasteiger partial charge in [0.15, 0.2) is 0 Å². The molecule has 1 aromatic heterocycles. The molecule has 3 heteroatoms. The minimum Gasteiger partial charge on any atom is -0.309 e. The van der Waals surface area contributed by atoms with Gasteiger partial charge in [0.2, 0.25) is 0 Å². The first kappa shape index (κ1) is 14.2. The fourth-order valence-corrected chi connectivity index (χ4v) is 3.02. The second-order valence-electron chi connectivity index (χ2n) is 5.70. The zero-order valence-corrected chi connectivity index (χ0v) is 12.6. The monoisotopic (exact) mass is 281 g/mol. The van der Waals surface area contributed by atoms with Gasteiger partial charge in [-0.3, -0.25) is 9.88 Å². The highest BCUT2D eigenvalue weighted by Crippen LogP contribution is 2.24. The summed E-state index contributed by atoms with van der Waals surface area (Å²) in [5.41, 5.74) is 2.53. The highest BCUT2D eigenvalue weighted by molar-refractivity contribution is 5.20. The van der Waals surface area contributed by atoms with Gasteiger partial charge in [-0.25, -0.2) is 0 Å². The largest absolute Gasteiger partial charge is 0.309 e. The molecular formula is C18H23N3. The van der Waals surface area contributed by atoms with E-state index in [1.807, 2.05) is 12.3 Å². The van der Waals surface area contributed by atoms with Crippen molar-refractivity contribution in [2.24, 2.45) is 0 Å². The van der Waals surface area contributed by atoms with Crippen LogP contribution in [-0.4, -0.2) is 29.5 Å². The molecular weight excluding hydrogens is 258 g/mol. The molecule has 1 aromatic carbocycles. The molecule has 21 heavy (non-hydrogen) atoms. The lowest BCUT2D eigenvalue weighted by molar-refractivity contribution is 0.203. The van der Waals surface area contributed by atoms with Crippen LogP contribution in [0.3, 0.4) is 0 Å². The number of benzene rings is 1. The van der Waals surface area contributed by atoms with E-state index in [-0.39, 0.29) is 0 Å². The maximum Gasteiger partial charge on any atom is 0.0572 e. The van der Waals surface area contributed by atoms with E-state index in [4.69, 9.17) is 0 Å². The Kier molecular flexibility index (Phi) is 4.63. The first-order valence-electron chi connectivity index (χ1n) is 7.78. The Morgan fingerprint density at radius 2 is 1.95 bits per heavy atom. The van der Waals surface area contributed by atoms with Crippen molar-refractivity contribution in [3.05, 3.63) is 66.0 Å². The topological polar surface area (TPSA) is 28.2 Å². The van der Waals surface area contributed by atoms with E-state index in [2.05, 4.69) is 64.6 Å². The third kappa shape index (κ3) is 3.49. The van der Waals surface area contributed by atoms with Gasteiger partial charge in [-0.05, 0) is 37.6 Å². The van der Waals surface area contributed by atoms with Crippen LogP contribution >= 0.6 is 0 Å². The second kappa shape index (κ2) is 6.83. The third-order valence-corrected chi connectivity index (χ3v) is 4.30. The van der Waals surface area contributed by atoms with Gasteiger partial charge in [0.05, 0.1) is 5.69 Å². The molecule has 110 valence electrons. The van der Waals surface area contributed by atoms with Crippen LogP contribution in [0.5, 0.6) is 0 Å². The minimum atomic E-state index is 0.359. The van der Waals surface area contributed by atoms with E-state index in [1.54, 1.807) is 0 Å². The molecule has 0 radical (unpaired) electrons. The van der Waals surface area contributed by atoms with Gasteiger partial charge in [0.1, 0.15) is 0 Å². The summed E-state index contributed by atoms with van der Waals surface area (Å²) in [7, 11) is 0. The number of hydrogen-bond acceptors (Lipinski definition) is 3. The number of hydrogen-bond donors (Lipinski definition) is 1. The van der Waals surface area contributed by atoms with E-state index in [0.717, 1.165) is 25.3 Å². The average Bonchev–Trinajstić information content (AvgIpc) is 2.82. The summed E-state index contributed by atoms with van der Waals surface area (Å²) in [5.74, 6) is 0. The second-order valence-corrected chi connectivity index (χ2v) is 5.70. The van der Waals surface area contributed by atoms with Crippen LogP contribution in [0, 0.1) is 0 Å². The molecule has 1 saturated heterocycles. The molecule has 2 unspecified atom stereocenters. The summed E-state index contributed by atoms with van der Waals surface area (Å²) in [6, 6.07) is 17.7. The lowest BCUT2D eigenvalue weighted by atomic mass is 10.1. The smallest absolute Gasteiger partial charge is 0.0572 e. The molecule has 1 aliphatic rings. The third-order valence-electron chi connectivity index (χ3n) is 4.30. The molecule has 2 atom stereocenters. The summed E-state index contributed by atoms with van der Waals surface area (Å²) in [6.07, 6.45) is 3.07. The van der Waals surface area contributed by atoms with E-state index in [1.165, 1.54) is 12.0 Å². The Morgan fingerprint density at radius 3 is 2.71 bits per heavy atom. The van der Waals surface area contributed by atoms with Gasteiger partial charge in [0, 0.05) is 31.4 Å². The van der Waals surface area contributed by atoms with E-state index in [0.29, 0.717) is 12.1 Å². The molecule has 2 heterocycles. The molecule has 1 aliphatic heterocycles. The van der Waals surface area contributed by atoms with Crippen LogP contribution < -0.4 is 5.32 Å². The minimum absolute atomic E-state index is 0.359. The number of nitrogens with zero attached hydrogens (tertiary/aromatic N) is 2. The molecule has 0 bridgehead atoms. The highest BCUT2D eigenvalue weighted by Gasteiger charge is 2.23. The molecule has 3 nitrogen and oxygen atoms in total. The van der Waals surface area contributed by atoms with Crippen molar-refractivity contribution in [1.29, 1.82) is 0 Å². The molecule has 1 fully saturated rings. The van der Waals surface area contributed by atoms with Crippen LogP contribution in [0.1, 0.15) is 36.7 Å². The van der Waals surface area contributed by atoms with Crippen molar-refractivity contribution in [2.75, 3.05) is 19.6 Å². The molecule has 0 aliphatic carbocycles. The maximum atomic E-state index is 4.52. The van der Waals surface area contributed by atoms with Crippen molar-refractivity contribution in [1.82, 2.24) is 15.2 Å². The summed E-state index contributed by atoms with van der Waals surface area (Å²) >= 11 is 0. The average molecular weight is 281 g/mol. The van der Waals surface area contributed by atoms with Crippen LogP contribution in [-0.2, 0) is 0 Å². The number of aromatic nitrogens is 1. The zero-order chi connectivity index (χ0) is 14.5. The molecule has 0 amide bonds. The SMILES string of the molecule is CC(c1ccccn1)N1CCCNC(c2ccccc2)C1. The normalized spacial score (nSPS) is 21.7. The van der Waals surface area contributed by atoms with Crippen molar-refractivity contribution in [3.8, 4) is 0 Å². The van der Waals surface area contributed by atoms with E-state index in [9.17, 15) is 0 Å². The molecule has 0 spiro atoms. The molecule has 3 rings (SSSR count). The molecule has 1 N–H and O–H groups in total. The van der Waals surface area contributed by atoms with Crippen molar-refractivity contribution < 1.29 is 0 Å². The lowest BCUT2D eigenvalue weighted by Gasteiger charge is -2.30. The van der Waals surface area contributed by atoms with Gasteiger partial charge < -0.3 is 5.32 Å². The van der Waals surface area contributed by atoms with Gasteiger partial charge in [-0.2, -0.15) is 0 Å². The number of pyridine rings is 1. The Morgan fingerprint density at radius 1 is 1.14 bits per heavy atom. The predicted molar refractivity (Wildman–Crippen MR) is 86.0 cm³/mol. The van der Waals surface area contributed by atoms with Crippen molar-refractivity contribution >= 4 is 0 Å². The Balaban J connectivity index is 1.76. The van der Waals surface area contributed by atoms with Crippen LogP contribution in [0.25, 0.3) is 0 Å². The van der Waals surface area contributed by atoms with Gasteiger partial charge in [-0.15, -0.1) is 0 Å². The summed E-state index contributed by atoms with van der Waals surface area (Å²) in [6.45, 7) is 5.48. The van der Waals surface area contributed by atoms with E-state index < -0.39 is 0 Å². The highest BCUT2D eigenvalue weighted by atomic mass is 15.2. The predicted octanol–water partition coefficient (Wildman–Crippen LogP) is 3.18. The lowest BCUT2D eigenvalue weighted by Crippen LogP contribution is -2.33. The summed E-state index contributed by atoms with van der Waals surface area (Å²) in [4.78, 5) is 7.06. The summed E-state index contributed by atoms with van der Waals surface area (Å²) in [5, 5.41) is 3.67. The quantitative estimate of drug-likeness (QED) is 0.936. The Hall–Kier alpha value is -1.71. The Bertz CT molecular complexity index is 541. The molecule has 2 aromatic rings.